The van der Waals surface area contributed by atoms with Crippen LogP contribution in [-0.2, 0) is 9.53 Å². The highest BCUT2D eigenvalue weighted by Crippen LogP contribution is 2.31. The molecule has 6 heteroatoms. The second kappa shape index (κ2) is 14.2. The van der Waals surface area contributed by atoms with Gasteiger partial charge in [0, 0.05) is 5.56 Å². The zero-order chi connectivity index (χ0) is 25.7. The number of unbranched alkanes of at least 4 members (excludes halogenated alkanes) is 2. The van der Waals surface area contributed by atoms with E-state index in [2.05, 4.69) is 13.8 Å². The van der Waals surface area contributed by atoms with Gasteiger partial charge in [0.25, 0.3) is 0 Å². The smallest absolute Gasteiger partial charge is 0.314 e. The Labute approximate surface area is 209 Å². The molecule has 0 amide bonds. The number of carbonyl (C=O) groups excluding carboxylic acids is 2. The lowest BCUT2D eigenvalue weighted by Gasteiger charge is -2.16. The molecule has 0 saturated heterocycles. The number of ether oxygens (including phenoxy) is 4. The number of allylic oxidation sites excluding steroid dienone is 1. The minimum absolute atomic E-state index is 0.154. The van der Waals surface area contributed by atoms with Gasteiger partial charge in [0.05, 0.1) is 24.2 Å². The normalized spacial score (nSPS) is 11.3. The van der Waals surface area contributed by atoms with Gasteiger partial charge in [-0.15, -0.1) is 0 Å². The number of rotatable bonds is 14. The van der Waals surface area contributed by atoms with E-state index < -0.39 is 5.41 Å². The van der Waals surface area contributed by atoms with Gasteiger partial charge < -0.3 is 18.9 Å². The summed E-state index contributed by atoms with van der Waals surface area (Å²) < 4.78 is 22.5. The minimum atomic E-state index is -0.591. The highest BCUT2D eigenvalue weighted by atomic mass is 16.7. The van der Waals surface area contributed by atoms with Crippen molar-refractivity contribution in [3.63, 3.8) is 0 Å². The van der Waals surface area contributed by atoms with Crippen molar-refractivity contribution in [1.82, 2.24) is 0 Å². The Morgan fingerprint density at radius 1 is 0.829 bits per heavy atom. The predicted octanol–water partition coefficient (Wildman–Crippen LogP) is 6.87. The lowest BCUT2D eigenvalue weighted by atomic mass is 9.98. The molecule has 0 aliphatic carbocycles. The SMILES string of the molecule is CCCCOc1cccc(OCCCC)c1C=CC(=O)c1ccc(OCOC(=O)C(C)(C)C)cc1. The summed E-state index contributed by atoms with van der Waals surface area (Å²) in [6.45, 7) is 10.6. The monoisotopic (exact) mass is 482 g/mol. The summed E-state index contributed by atoms with van der Waals surface area (Å²) in [6, 6.07) is 12.4. The molecule has 0 bridgehead atoms. The molecule has 2 rings (SSSR count). The molecule has 0 spiro atoms. The number of hydrogen-bond donors (Lipinski definition) is 0. The molecule has 35 heavy (non-hydrogen) atoms. The molecule has 0 radical (unpaired) electrons. The van der Waals surface area contributed by atoms with Crippen LogP contribution in [0.25, 0.3) is 6.08 Å². The van der Waals surface area contributed by atoms with Crippen LogP contribution in [0.5, 0.6) is 17.2 Å². The number of carbonyl (C=O) groups is 2. The summed E-state index contributed by atoms with van der Waals surface area (Å²) in [5.41, 5.74) is 0.679. The third-order valence-electron chi connectivity index (χ3n) is 5.11. The minimum Gasteiger partial charge on any atom is -0.493 e. The summed E-state index contributed by atoms with van der Waals surface area (Å²) in [5, 5.41) is 0. The van der Waals surface area contributed by atoms with E-state index in [0.717, 1.165) is 31.2 Å². The van der Waals surface area contributed by atoms with Gasteiger partial charge in [-0.25, -0.2) is 0 Å². The molecule has 0 atom stereocenters. The van der Waals surface area contributed by atoms with Crippen LogP contribution >= 0.6 is 0 Å². The molecular formula is C29H38O6. The first-order valence-corrected chi connectivity index (χ1v) is 12.3. The molecule has 190 valence electrons. The molecule has 0 aliphatic rings. The van der Waals surface area contributed by atoms with Crippen LogP contribution in [0.15, 0.2) is 48.5 Å². The van der Waals surface area contributed by atoms with Gasteiger partial charge in [0.2, 0.25) is 6.79 Å². The molecule has 0 N–H and O–H groups in total. The van der Waals surface area contributed by atoms with Crippen LogP contribution in [-0.4, -0.2) is 31.8 Å². The number of hydrogen-bond acceptors (Lipinski definition) is 6. The molecule has 2 aromatic rings. The second-order valence-electron chi connectivity index (χ2n) is 9.24. The molecule has 0 fully saturated rings. The molecule has 0 aliphatic heterocycles. The number of ketones is 1. The molecule has 0 unspecified atom stereocenters. The van der Waals surface area contributed by atoms with Gasteiger partial charge in [0.1, 0.15) is 17.2 Å². The fourth-order valence-electron chi connectivity index (χ4n) is 2.93. The quantitative estimate of drug-likeness (QED) is 0.0962. The highest BCUT2D eigenvalue weighted by molar-refractivity contribution is 6.07. The van der Waals surface area contributed by atoms with E-state index in [1.807, 2.05) is 18.2 Å². The zero-order valence-corrected chi connectivity index (χ0v) is 21.6. The second-order valence-corrected chi connectivity index (χ2v) is 9.24. The Balaban J connectivity index is 2.08. The standard InChI is InChI=1S/C29H38O6/c1-6-8-19-32-26-11-10-12-27(33-20-9-7-2)24(26)17-18-25(30)22-13-15-23(16-14-22)34-21-35-28(31)29(3,4)5/h10-18H,6-9,19-21H2,1-5H3. The molecule has 0 aromatic heterocycles. The lowest BCUT2D eigenvalue weighted by Crippen LogP contribution is -2.24. The molecule has 0 saturated carbocycles. The van der Waals surface area contributed by atoms with Crippen molar-refractivity contribution in [3.8, 4) is 17.2 Å². The van der Waals surface area contributed by atoms with Gasteiger partial charge >= 0.3 is 5.97 Å². The van der Waals surface area contributed by atoms with Crippen molar-refractivity contribution in [2.24, 2.45) is 5.41 Å². The predicted molar refractivity (Wildman–Crippen MR) is 138 cm³/mol. The van der Waals surface area contributed by atoms with Crippen molar-refractivity contribution < 1.29 is 28.5 Å². The van der Waals surface area contributed by atoms with E-state index in [4.69, 9.17) is 18.9 Å². The largest absolute Gasteiger partial charge is 0.493 e. The average molecular weight is 483 g/mol. The Bertz CT molecular complexity index is 941. The third-order valence-corrected chi connectivity index (χ3v) is 5.11. The maximum Gasteiger partial charge on any atom is 0.314 e. The first kappa shape index (κ1) is 28.0. The zero-order valence-electron chi connectivity index (χ0n) is 21.6. The van der Waals surface area contributed by atoms with Gasteiger partial charge in [0.15, 0.2) is 5.78 Å². The number of esters is 1. The van der Waals surface area contributed by atoms with Crippen LogP contribution in [0, 0.1) is 5.41 Å². The molecule has 2 aromatic carbocycles. The fourth-order valence-corrected chi connectivity index (χ4v) is 2.93. The average Bonchev–Trinajstić information content (AvgIpc) is 2.83. The van der Waals surface area contributed by atoms with Crippen LogP contribution in [0.3, 0.4) is 0 Å². The Morgan fingerprint density at radius 3 is 1.91 bits per heavy atom. The van der Waals surface area contributed by atoms with E-state index in [1.165, 1.54) is 6.08 Å². The summed E-state index contributed by atoms with van der Waals surface area (Å²) >= 11 is 0. The Hall–Kier alpha value is -3.28. The third kappa shape index (κ3) is 9.47. The first-order valence-electron chi connectivity index (χ1n) is 12.3. The highest BCUT2D eigenvalue weighted by Gasteiger charge is 2.23. The van der Waals surface area contributed by atoms with Gasteiger partial charge in [-0.2, -0.15) is 0 Å². The van der Waals surface area contributed by atoms with Crippen molar-refractivity contribution >= 4 is 17.8 Å². The van der Waals surface area contributed by atoms with E-state index in [9.17, 15) is 9.59 Å². The maximum absolute atomic E-state index is 12.8. The van der Waals surface area contributed by atoms with Crippen molar-refractivity contribution in [3.05, 3.63) is 59.7 Å². The van der Waals surface area contributed by atoms with Gasteiger partial charge in [-0.3, -0.25) is 9.59 Å². The van der Waals surface area contributed by atoms with Crippen molar-refractivity contribution in [1.29, 1.82) is 0 Å². The van der Waals surface area contributed by atoms with E-state index >= 15 is 0 Å². The van der Waals surface area contributed by atoms with Crippen LogP contribution in [0.2, 0.25) is 0 Å². The summed E-state index contributed by atoms with van der Waals surface area (Å²) in [7, 11) is 0. The summed E-state index contributed by atoms with van der Waals surface area (Å²) in [5.74, 6) is 1.41. The van der Waals surface area contributed by atoms with Gasteiger partial charge in [-0.1, -0.05) is 32.8 Å². The Morgan fingerprint density at radius 2 is 1.40 bits per heavy atom. The lowest BCUT2D eigenvalue weighted by molar-refractivity contribution is -0.159. The van der Waals surface area contributed by atoms with E-state index in [0.29, 0.717) is 36.0 Å². The van der Waals surface area contributed by atoms with Crippen LogP contribution in [0.4, 0.5) is 0 Å². The first-order chi connectivity index (χ1) is 16.8. The van der Waals surface area contributed by atoms with Gasteiger partial charge in [-0.05, 0) is 82.2 Å². The van der Waals surface area contributed by atoms with Crippen molar-refractivity contribution in [2.75, 3.05) is 20.0 Å². The molecule has 6 nitrogen and oxygen atoms in total. The van der Waals surface area contributed by atoms with Crippen LogP contribution in [0.1, 0.15) is 76.2 Å². The topological polar surface area (TPSA) is 71.1 Å². The number of benzene rings is 2. The fraction of sp³-hybridized carbons (Fsp3) is 0.448. The summed E-state index contributed by atoms with van der Waals surface area (Å²) in [6.07, 6.45) is 7.25. The van der Waals surface area contributed by atoms with Crippen molar-refractivity contribution in [2.45, 2.75) is 60.3 Å². The van der Waals surface area contributed by atoms with E-state index in [-0.39, 0.29) is 18.5 Å². The molecule has 0 heterocycles. The van der Waals surface area contributed by atoms with Crippen LogP contribution < -0.4 is 14.2 Å². The molecular weight excluding hydrogens is 444 g/mol. The Kier molecular flexibility index (Phi) is 11.3. The van der Waals surface area contributed by atoms with E-state index in [1.54, 1.807) is 51.1 Å². The summed E-state index contributed by atoms with van der Waals surface area (Å²) in [4.78, 5) is 24.6. The maximum atomic E-state index is 12.8.